The van der Waals surface area contributed by atoms with E-state index in [1.165, 1.54) is 22.3 Å². The second-order valence-corrected chi connectivity index (χ2v) is 6.97. The van der Waals surface area contributed by atoms with Gasteiger partial charge in [-0.15, -0.1) is 0 Å². The van der Waals surface area contributed by atoms with E-state index in [4.69, 9.17) is 4.42 Å². The van der Waals surface area contributed by atoms with E-state index >= 15 is 0 Å². The normalized spacial score (nSPS) is 13.2. The van der Waals surface area contributed by atoms with Crippen molar-refractivity contribution >= 4 is 15.9 Å². The first-order valence-corrected chi connectivity index (χ1v) is 8.14. The van der Waals surface area contributed by atoms with Crippen LogP contribution in [-0.4, -0.2) is 0 Å². The minimum atomic E-state index is 0.193. The van der Waals surface area contributed by atoms with Crippen molar-refractivity contribution in [1.82, 2.24) is 0 Å². The monoisotopic (exact) mass is 334 g/mol. The van der Waals surface area contributed by atoms with Crippen LogP contribution in [0.2, 0.25) is 0 Å². The van der Waals surface area contributed by atoms with E-state index in [0.29, 0.717) is 11.8 Å². The topological polar surface area (TPSA) is 13.1 Å². The zero-order valence-corrected chi connectivity index (χ0v) is 14.5. The van der Waals surface area contributed by atoms with Gasteiger partial charge >= 0.3 is 0 Å². The maximum atomic E-state index is 5.44. The Morgan fingerprint density at radius 3 is 2.10 bits per heavy atom. The molecule has 0 radical (unpaired) electrons. The Morgan fingerprint density at radius 1 is 0.900 bits per heavy atom. The molecule has 0 fully saturated rings. The number of aryl methyl sites for hydroxylation is 1. The molecule has 20 heavy (non-hydrogen) atoms. The van der Waals surface area contributed by atoms with Gasteiger partial charge in [0.05, 0.1) is 11.1 Å². The summed E-state index contributed by atoms with van der Waals surface area (Å²) in [5.41, 5.74) is 5.34. The molecule has 0 saturated heterocycles. The van der Waals surface area contributed by atoms with Crippen molar-refractivity contribution in [3.8, 4) is 0 Å². The molecule has 108 valence electrons. The standard InChI is InChI=1S/C18H23BrO/c1-11(2)14-6-7-16(17(9-14)12(3)4)18(19)15-8-13(5)20-10-15/h6-12,18H,1-5H3. The van der Waals surface area contributed by atoms with Crippen LogP contribution in [0.4, 0.5) is 0 Å². The molecule has 2 aromatic rings. The van der Waals surface area contributed by atoms with Crippen LogP contribution < -0.4 is 0 Å². The van der Waals surface area contributed by atoms with E-state index in [1.54, 1.807) is 0 Å². The van der Waals surface area contributed by atoms with Crippen molar-refractivity contribution < 1.29 is 4.42 Å². The fourth-order valence-corrected chi connectivity index (χ4v) is 3.12. The number of benzene rings is 1. The number of hydrogen-bond acceptors (Lipinski definition) is 1. The van der Waals surface area contributed by atoms with E-state index in [9.17, 15) is 0 Å². The van der Waals surface area contributed by atoms with Crippen LogP contribution in [0, 0.1) is 6.92 Å². The van der Waals surface area contributed by atoms with Crippen LogP contribution in [0.25, 0.3) is 0 Å². The summed E-state index contributed by atoms with van der Waals surface area (Å²) in [6, 6.07) is 8.95. The summed E-state index contributed by atoms with van der Waals surface area (Å²) in [4.78, 5) is 0.193. The predicted molar refractivity (Wildman–Crippen MR) is 88.8 cm³/mol. The van der Waals surface area contributed by atoms with Crippen LogP contribution >= 0.6 is 15.9 Å². The summed E-state index contributed by atoms with van der Waals surface area (Å²) >= 11 is 3.83. The van der Waals surface area contributed by atoms with Crippen molar-refractivity contribution in [2.45, 2.75) is 51.3 Å². The highest BCUT2D eigenvalue weighted by Crippen LogP contribution is 2.37. The lowest BCUT2D eigenvalue weighted by atomic mass is 9.89. The van der Waals surface area contributed by atoms with Gasteiger partial charge < -0.3 is 4.42 Å². The number of halogens is 1. The van der Waals surface area contributed by atoms with Crippen LogP contribution in [0.5, 0.6) is 0 Å². The Kier molecular flexibility index (Phi) is 4.74. The molecule has 1 aromatic heterocycles. The maximum Gasteiger partial charge on any atom is 0.101 e. The van der Waals surface area contributed by atoms with Gasteiger partial charge in [-0.2, -0.15) is 0 Å². The van der Waals surface area contributed by atoms with Crippen LogP contribution in [-0.2, 0) is 0 Å². The molecule has 0 N–H and O–H groups in total. The first kappa shape index (κ1) is 15.4. The minimum Gasteiger partial charge on any atom is -0.469 e. The molecule has 1 unspecified atom stereocenters. The Morgan fingerprint density at radius 2 is 1.60 bits per heavy atom. The summed E-state index contributed by atoms with van der Waals surface area (Å²) in [6.07, 6.45) is 1.84. The van der Waals surface area contributed by atoms with Gasteiger partial charge in [0, 0.05) is 5.56 Å². The van der Waals surface area contributed by atoms with Gasteiger partial charge in [-0.1, -0.05) is 61.8 Å². The SMILES string of the molecule is Cc1cc(C(Br)c2ccc(C(C)C)cc2C(C)C)co1. The number of rotatable bonds is 4. The van der Waals surface area contributed by atoms with Crippen LogP contribution in [0.1, 0.15) is 72.4 Å². The van der Waals surface area contributed by atoms with Gasteiger partial charge in [-0.3, -0.25) is 0 Å². The fraction of sp³-hybridized carbons (Fsp3) is 0.444. The van der Waals surface area contributed by atoms with E-state index in [-0.39, 0.29) is 4.83 Å². The van der Waals surface area contributed by atoms with E-state index in [2.05, 4.69) is 67.9 Å². The number of alkyl halides is 1. The third-order valence-electron chi connectivity index (χ3n) is 3.72. The van der Waals surface area contributed by atoms with Crippen LogP contribution in [0.15, 0.2) is 34.9 Å². The minimum absolute atomic E-state index is 0.193. The van der Waals surface area contributed by atoms with E-state index < -0.39 is 0 Å². The quantitative estimate of drug-likeness (QED) is 0.596. The summed E-state index contributed by atoms with van der Waals surface area (Å²) in [7, 11) is 0. The number of hydrogen-bond donors (Lipinski definition) is 0. The van der Waals surface area contributed by atoms with Gasteiger partial charge in [0.1, 0.15) is 5.76 Å². The molecule has 1 aromatic carbocycles. The van der Waals surface area contributed by atoms with Crippen molar-refractivity contribution in [3.63, 3.8) is 0 Å². The second-order valence-electron chi connectivity index (χ2n) is 6.05. The molecule has 0 spiro atoms. The molecule has 0 bridgehead atoms. The third kappa shape index (κ3) is 3.17. The zero-order valence-electron chi connectivity index (χ0n) is 12.9. The molecule has 2 rings (SSSR count). The molecule has 0 aliphatic rings. The molecule has 1 heterocycles. The van der Waals surface area contributed by atoms with E-state index in [1.807, 2.05) is 13.2 Å². The molecule has 0 aliphatic carbocycles. The lowest BCUT2D eigenvalue weighted by Gasteiger charge is -2.19. The highest BCUT2D eigenvalue weighted by atomic mass is 79.9. The van der Waals surface area contributed by atoms with Crippen molar-refractivity contribution in [1.29, 1.82) is 0 Å². The largest absolute Gasteiger partial charge is 0.469 e. The lowest BCUT2D eigenvalue weighted by Crippen LogP contribution is -2.02. The highest BCUT2D eigenvalue weighted by Gasteiger charge is 2.18. The first-order chi connectivity index (χ1) is 9.40. The molecule has 1 nitrogen and oxygen atoms in total. The van der Waals surface area contributed by atoms with Gasteiger partial charge in [0.15, 0.2) is 0 Å². The molecule has 0 amide bonds. The molecular formula is C18H23BrO. The Balaban J connectivity index is 2.45. The summed E-state index contributed by atoms with van der Waals surface area (Å²) in [6.45, 7) is 11.0. The average Bonchev–Trinajstić information content (AvgIpc) is 2.83. The average molecular weight is 335 g/mol. The van der Waals surface area contributed by atoms with E-state index in [0.717, 1.165) is 5.76 Å². The lowest BCUT2D eigenvalue weighted by molar-refractivity contribution is 0.532. The smallest absolute Gasteiger partial charge is 0.101 e. The van der Waals surface area contributed by atoms with Crippen molar-refractivity contribution in [3.05, 3.63) is 58.5 Å². The summed E-state index contributed by atoms with van der Waals surface area (Å²) in [5, 5.41) is 0. The van der Waals surface area contributed by atoms with Gasteiger partial charge in [-0.05, 0) is 41.5 Å². The summed E-state index contributed by atoms with van der Waals surface area (Å²) < 4.78 is 5.44. The summed E-state index contributed by atoms with van der Waals surface area (Å²) in [5.74, 6) is 2.03. The molecule has 1 atom stereocenters. The first-order valence-electron chi connectivity index (χ1n) is 7.23. The second kappa shape index (κ2) is 6.17. The molecule has 0 saturated carbocycles. The molecular weight excluding hydrogens is 312 g/mol. The van der Waals surface area contributed by atoms with Gasteiger partial charge in [0.25, 0.3) is 0 Å². The van der Waals surface area contributed by atoms with Crippen molar-refractivity contribution in [2.24, 2.45) is 0 Å². The Labute approximate surface area is 130 Å². The van der Waals surface area contributed by atoms with Crippen LogP contribution in [0.3, 0.4) is 0 Å². The Bertz CT molecular complexity index is 581. The molecule has 0 aliphatic heterocycles. The fourth-order valence-electron chi connectivity index (χ4n) is 2.46. The predicted octanol–water partition coefficient (Wildman–Crippen LogP) is 6.32. The van der Waals surface area contributed by atoms with Crippen molar-refractivity contribution in [2.75, 3.05) is 0 Å². The van der Waals surface area contributed by atoms with Gasteiger partial charge in [-0.25, -0.2) is 0 Å². The maximum absolute atomic E-state index is 5.44. The third-order valence-corrected chi connectivity index (χ3v) is 4.74. The highest BCUT2D eigenvalue weighted by molar-refractivity contribution is 9.09. The molecule has 2 heteroatoms. The Hall–Kier alpha value is -1.02. The van der Waals surface area contributed by atoms with Gasteiger partial charge in [0.2, 0.25) is 0 Å². The number of furan rings is 1. The zero-order chi connectivity index (χ0) is 14.9.